The zero-order valence-electron chi connectivity index (χ0n) is 15.9. The number of imidazole rings is 1. The van der Waals surface area contributed by atoms with Crippen LogP contribution in [0, 0.1) is 18.3 Å². The van der Waals surface area contributed by atoms with Gasteiger partial charge in [-0.2, -0.15) is 28.5 Å². The Bertz CT molecular complexity index is 1320. The number of aryl methyl sites for hydroxylation is 1. The van der Waals surface area contributed by atoms with Gasteiger partial charge in [0, 0.05) is 0 Å². The van der Waals surface area contributed by atoms with E-state index in [-0.39, 0.29) is 28.3 Å². The molecule has 0 unspecified atom stereocenters. The average Bonchev–Trinajstić information content (AvgIpc) is 3.07. The van der Waals surface area contributed by atoms with E-state index in [9.17, 15) is 17.7 Å². The standard InChI is InChI=1S/C20H13F4N7/c1-11-28-15-8-12(9-25)2-7-16(15)30(11)19-27-10-17(18(26)29-19)31(24)14-5-3-13(4-6-14)20(21,22)23/h2-8,10H,1H3,(H2,26,27,29). The van der Waals surface area contributed by atoms with Crippen LogP contribution in [0.3, 0.4) is 0 Å². The number of nitrogen functional groups attached to an aromatic ring is 1. The maximum Gasteiger partial charge on any atom is 0.416 e. The van der Waals surface area contributed by atoms with E-state index in [4.69, 9.17) is 11.0 Å². The van der Waals surface area contributed by atoms with Crippen LogP contribution < -0.4 is 10.9 Å². The lowest BCUT2D eigenvalue weighted by Gasteiger charge is -2.16. The fraction of sp³-hybridized carbons (Fsp3) is 0.100. The van der Waals surface area contributed by atoms with Crippen molar-refractivity contribution in [3.63, 3.8) is 0 Å². The first-order chi connectivity index (χ1) is 14.7. The second-order valence-corrected chi connectivity index (χ2v) is 6.58. The van der Waals surface area contributed by atoms with Gasteiger partial charge in [0.15, 0.2) is 5.82 Å². The van der Waals surface area contributed by atoms with Gasteiger partial charge < -0.3 is 5.73 Å². The van der Waals surface area contributed by atoms with Crippen LogP contribution >= 0.6 is 0 Å². The maximum absolute atomic E-state index is 14.8. The third-order valence-electron chi connectivity index (χ3n) is 4.57. The van der Waals surface area contributed by atoms with Gasteiger partial charge in [-0.1, -0.05) is 4.48 Å². The number of hydrogen-bond donors (Lipinski definition) is 1. The van der Waals surface area contributed by atoms with E-state index in [1.54, 1.807) is 29.7 Å². The zero-order chi connectivity index (χ0) is 22.3. The molecule has 0 atom stereocenters. The van der Waals surface area contributed by atoms with Crippen LogP contribution in [0.25, 0.3) is 17.0 Å². The number of nitrogens with zero attached hydrogens (tertiary/aromatic N) is 6. The minimum Gasteiger partial charge on any atom is -0.382 e. The van der Waals surface area contributed by atoms with Gasteiger partial charge in [0.05, 0.1) is 40.1 Å². The molecule has 0 spiro atoms. The summed E-state index contributed by atoms with van der Waals surface area (Å²) < 4.78 is 54.5. The molecule has 0 aliphatic heterocycles. The monoisotopic (exact) mass is 427 g/mol. The molecule has 2 aromatic carbocycles. The first-order valence-electron chi connectivity index (χ1n) is 8.84. The maximum atomic E-state index is 14.8. The summed E-state index contributed by atoms with van der Waals surface area (Å²) in [4.78, 5) is 12.7. The van der Waals surface area contributed by atoms with Crippen LogP contribution in [-0.4, -0.2) is 19.5 Å². The number of halogens is 4. The van der Waals surface area contributed by atoms with Crippen LogP contribution in [0.1, 0.15) is 17.0 Å². The molecule has 7 nitrogen and oxygen atoms in total. The van der Waals surface area contributed by atoms with Gasteiger partial charge in [-0.25, -0.2) is 9.97 Å². The number of aromatic nitrogens is 4. The van der Waals surface area contributed by atoms with E-state index >= 15 is 0 Å². The number of hydrogen-bond acceptors (Lipinski definition) is 6. The van der Waals surface area contributed by atoms with Crippen LogP contribution in [0.15, 0.2) is 48.7 Å². The van der Waals surface area contributed by atoms with E-state index in [0.29, 0.717) is 22.4 Å². The number of alkyl halides is 3. The predicted octanol–water partition coefficient (Wildman–Crippen LogP) is 4.62. The third kappa shape index (κ3) is 3.59. The van der Waals surface area contributed by atoms with Gasteiger partial charge in [-0.15, -0.1) is 0 Å². The molecule has 0 aliphatic rings. The van der Waals surface area contributed by atoms with Gasteiger partial charge >= 0.3 is 6.18 Å². The molecule has 0 saturated heterocycles. The topological polar surface area (TPSA) is 96.7 Å². The Kier molecular flexibility index (Phi) is 4.69. The Morgan fingerprint density at radius 2 is 1.81 bits per heavy atom. The van der Waals surface area contributed by atoms with Crippen LogP contribution in [0.2, 0.25) is 0 Å². The quantitative estimate of drug-likeness (QED) is 0.379. The number of anilines is 3. The van der Waals surface area contributed by atoms with Crippen LogP contribution in [-0.2, 0) is 6.18 Å². The van der Waals surface area contributed by atoms with Crippen molar-refractivity contribution in [2.45, 2.75) is 13.1 Å². The van der Waals surface area contributed by atoms with Crippen molar-refractivity contribution in [2.75, 3.05) is 10.9 Å². The summed E-state index contributed by atoms with van der Waals surface area (Å²) in [5.41, 5.74) is 6.26. The Balaban J connectivity index is 1.70. The molecule has 0 bridgehead atoms. The van der Waals surface area contributed by atoms with E-state index in [2.05, 4.69) is 15.0 Å². The van der Waals surface area contributed by atoms with Gasteiger partial charge in [0.25, 0.3) is 0 Å². The van der Waals surface area contributed by atoms with Gasteiger partial charge in [-0.05, 0) is 49.4 Å². The molecule has 0 radical (unpaired) electrons. The molecule has 0 amide bonds. The minimum atomic E-state index is -4.52. The molecule has 0 aliphatic carbocycles. The zero-order valence-corrected chi connectivity index (χ0v) is 15.9. The lowest BCUT2D eigenvalue weighted by molar-refractivity contribution is -0.137. The van der Waals surface area contributed by atoms with Crippen molar-refractivity contribution < 1.29 is 17.7 Å². The van der Waals surface area contributed by atoms with Crippen molar-refractivity contribution in [1.82, 2.24) is 19.5 Å². The minimum absolute atomic E-state index is 0.108. The largest absolute Gasteiger partial charge is 0.416 e. The molecular weight excluding hydrogens is 414 g/mol. The van der Waals surface area contributed by atoms with Crippen LogP contribution in [0.4, 0.5) is 34.8 Å². The van der Waals surface area contributed by atoms with Crippen molar-refractivity contribution in [3.8, 4) is 12.0 Å². The molecule has 4 rings (SSSR count). The fourth-order valence-corrected chi connectivity index (χ4v) is 3.08. The Morgan fingerprint density at radius 1 is 1.10 bits per heavy atom. The van der Waals surface area contributed by atoms with Crippen LogP contribution in [0.5, 0.6) is 0 Å². The van der Waals surface area contributed by atoms with Crippen molar-refractivity contribution in [1.29, 1.82) is 5.26 Å². The molecule has 2 heterocycles. The van der Waals surface area contributed by atoms with Crippen molar-refractivity contribution in [2.24, 2.45) is 0 Å². The number of rotatable bonds is 3. The summed E-state index contributed by atoms with van der Waals surface area (Å²) in [6.07, 6.45) is -3.40. The van der Waals surface area contributed by atoms with Crippen molar-refractivity contribution in [3.05, 3.63) is 65.6 Å². The molecule has 2 N–H and O–H groups in total. The highest BCUT2D eigenvalue weighted by atomic mass is 19.4. The normalized spacial score (nSPS) is 11.5. The highest BCUT2D eigenvalue weighted by Gasteiger charge is 2.30. The Hall–Kier alpha value is -4.20. The molecule has 0 saturated carbocycles. The molecule has 2 aromatic heterocycles. The molecule has 0 fully saturated rings. The lowest BCUT2D eigenvalue weighted by Crippen LogP contribution is -2.12. The van der Waals surface area contributed by atoms with E-state index in [1.165, 1.54) is 0 Å². The summed E-state index contributed by atoms with van der Waals surface area (Å²) in [6, 6.07) is 10.5. The second kappa shape index (κ2) is 7.24. The summed E-state index contributed by atoms with van der Waals surface area (Å²) in [6.45, 7) is 1.71. The summed E-state index contributed by atoms with van der Waals surface area (Å²) >= 11 is 0. The molecule has 156 valence electrons. The smallest absolute Gasteiger partial charge is 0.382 e. The first kappa shape index (κ1) is 20.1. The molecule has 31 heavy (non-hydrogen) atoms. The summed E-state index contributed by atoms with van der Waals surface area (Å²) in [7, 11) is 0. The van der Waals surface area contributed by atoms with E-state index in [0.717, 1.165) is 30.5 Å². The SMILES string of the molecule is Cc1nc2cc(C#N)ccc2n1-c1ncc(N(F)c2ccc(C(F)(F)F)cc2)c(N)n1. The summed E-state index contributed by atoms with van der Waals surface area (Å²) in [5, 5.41) is 9.14. The lowest BCUT2D eigenvalue weighted by atomic mass is 10.2. The number of fused-ring (bicyclic) bond motifs is 1. The highest BCUT2D eigenvalue weighted by molar-refractivity contribution is 5.79. The number of nitriles is 1. The first-order valence-corrected chi connectivity index (χ1v) is 8.84. The molecule has 11 heteroatoms. The highest BCUT2D eigenvalue weighted by Crippen LogP contribution is 2.34. The fourth-order valence-electron chi connectivity index (χ4n) is 3.08. The molecular formula is C20H13F4N7. The summed E-state index contributed by atoms with van der Waals surface area (Å²) in [5.74, 6) is 0.436. The Labute approximate surface area is 172 Å². The Morgan fingerprint density at radius 3 is 2.42 bits per heavy atom. The predicted molar refractivity (Wildman–Crippen MR) is 105 cm³/mol. The van der Waals surface area contributed by atoms with Crippen molar-refractivity contribution >= 4 is 28.2 Å². The average molecular weight is 427 g/mol. The van der Waals surface area contributed by atoms with E-state index < -0.39 is 11.7 Å². The van der Waals surface area contributed by atoms with Gasteiger partial charge in [0.1, 0.15) is 11.5 Å². The molecule has 4 aromatic rings. The van der Waals surface area contributed by atoms with Gasteiger partial charge in [0.2, 0.25) is 5.95 Å². The van der Waals surface area contributed by atoms with E-state index in [1.807, 2.05) is 6.07 Å². The number of nitrogens with two attached hydrogens (primary N) is 1. The van der Waals surface area contributed by atoms with Gasteiger partial charge in [-0.3, -0.25) is 4.57 Å². The third-order valence-corrected chi connectivity index (χ3v) is 4.57. The number of benzene rings is 2. The second-order valence-electron chi connectivity index (χ2n) is 6.58.